The van der Waals surface area contributed by atoms with Gasteiger partial charge in [-0.25, -0.2) is 0 Å². The van der Waals surface area contributed by atoms with E-state index in [0.29, 0.717) is 0 Å². The van der Waals surface area contributed by atoms with Crippen molar-refractivity contribution >= 4 is 11.9 Å². The van der Waals surface area contributed by atoms with Gasteiger partial charge in [0.1, 0.15) is 6.54 Å². The molecule has 1 amide bonds. The first-order valence-electron chi connectivity index (χ1n) is 10.0. The van der Waals surface area contributed by atoms with E-state index in [4.69, 9.17) is 5.11 Å². The van der Waals surface area contributed by atoms with E-state index in [1.165, 1.54) is 96.8 Å². The molecule has 0 aliphatic heterocycles. The van der Waals surface area contributed by atoms with Crippen molar-refractivity contribution in [3.8, 4) is 0 Å². The highest BCUT2D eigenvalue weighted by atomic mass is 16.4. The van der Waals surface area contributed by atoms with Gasteiger partial charge in [0.2, 0.25) is 5.91 Å². The molecule has 0 saturated carbocycles. The van der Waals surface area contributed by atoms with Crippen LogP contribution in [0.25, 0.3) is 0 Å². The van der Waals surface area contributed by atoms with Gasteiger partial charge in [0.05, 0.1) is 0 Å². The average molecular weight is 344 g/mol. The van der Waals surface area contributed by atoms with Gasteiger partial charge < -0.3 is 10.4 Å². The van der Waals surface area contributed by atoms with Gasteiger partial charge in [-0.15, -0.1) is 0 Å². The Labute approximate surface area is 149 Å². The minimum atomic E-state index is -1.03. The Morgan fingerprint density at radius 2 is 0.958 bits per heavy atom. The number of amides is 1. The first-order chi connectivity index (χ1) is 11.5. The summed E-state index contributed by atoms with van der Waals surface area (Å²) < 4.78 is 0. The summed E-state index contributed by atoms with van der Waals surface area (Å²) in [6, 6.07) is 0. The molecule has 24 heavy (non-hydrogen) atoms. The second kappa shape index (κ2) is 21.9. The number of unbranched alkanes of at least 4 members (excludes halogenated alkanes) is 13. The lowest BCUT2D eigenvalue weighted by atomic mass is 10.0. The van der Waals surface area contributed by atoms with Crippen molar-refractivity contribution in [2.45, 2.75) is 111 Å². The highest BCUT2D eigenvalue weighted by Gasteiger charge is 1.95. The number of nitrogens with one attached hydrogen (secondary N) is 1. The fourth-order valence-corrected chi connectivity index (χ4v) is 2.47. The third-order valence-electron chi connectivity index (χ3n) is 3.95. The van der Waals surface area contributed by atoms with Crippen molar-refractivity contribution < 1.29 is 14.7 Å². The predicted octanol–water partition coefficient (Wildman–Crippen LogP) is 5.69. The van der Waals surface area contributed by atoms with Gasteiger partial charge in [-0.1, -0.05) is 104 Å². The minimum Gasteiger partial charge on any atom is -0.480 e. The van der Waals surface area contributed by atoms with Crippen molar-refractivity contribution in [2.24, 2.45) is 0 Å². The molecule has 0 radical (unpaired) electrons. The summed E-state index contributed by atoms with van der Waals surface area (Å²) in [6.45, 7) is 5.55. The molecule has 0 atom stereocenters. The Morgan fingerprint density at radius 3 is 1.12 bits per heavy atom. The van der Waals surface area contributed by atoms with Gasteiger partial charge in [-0.3, -0.25) is 9.59 Å². The molecule has 0 unspecified atom stereocenters. The Balaban J connectivity index is 0. The van der Waals surface area contributed by atoms with Crippen LogP contribution in [0.4, 0.5) is 0 Å². The smallest absolute Gasteiger partial charge is 0.322 e. The van der Waals surface area contributed by atoms with Crippen LogP contribution < -0.4 is 5.32 Å². The van der Waals surface area contributed by atoms with Crippen LogP contribution in [0.5, 0.6) is 0 Å². The lowest BCUT2D eigenvalue weighted by Crippen LogP contribution is -2.26. The lowest BCUT2D eigenvalue weighted by Gasteiger charge is -2.02. The van der Waals surface area contributed by atoms with Crippen LogP contribution in [0.2, 0.25) is 0 Å². The zero-order valence-corrected chi connectivity index (χ0v) is 16.4. The lowest BCUT2D eigenvalue weighted by molar-refractivity contribution is -0.137. The topological polar surface area (TPSA) is 66.4 Å². The molecule has 0 heterocycles. The number of rotatable bonds is 15. The van der Waals surface area contributed by atoms with Gasteiger partial charge in [0, 0.05) is 6.92 Å². The number of hydrogen-bond acceptors (Lipinski definition) is 2. The van der Waals surface area contributed by atoms with E-state index in [9.17, 15) is 9.59 Å². The number of carboxylic acid groups (broad SMARTS) is 1. The normalized spacial score (nSPS) is 9.96. The first-order valence-corrected chi connectivity index (χ1v) is 10.0. The molecule has 4 heteroatoms. The monoisotopic (exact) mass is 343 g/mol. The van der Waals surface area contributed by atoms with Crippen LogP contribution in [0.3, 0.4) is 0 Å². The van der Waals surface area contributed by atoms with E-state index in [-0.39, 0.29) is 12.5 Å². The molecule has 0 rings (SSSR count). The fourth-order valence-electron chi connectivity index (χ4n) is 2.47. The molecule has 0 spiro atoms. The highest BCUT2D eigenvalue weighted by Crippen LogP contribution is 2.12. The van der Waals surface area contributed by atoms with Crippen molar-refractivity contribution in [3.63, 3.8) is 0 Å². The summed E-state index contributed by atoms with van der Waals surface area (Å²) in [7, 11) is 0. The standard InChI is InChI=1S/C16H34.C4H7NO3/c1-3-5-7-9-11-13-15-16-14-12-10-8-6-4-2;1-3(6)5-2-4(7)8/h3-16H2,1-2H3;2H2,1H3,(H,5,6)(H,7,8). The zero-order valence-electron chi connectivity index (χ0n) is 16.4. The van der Waals surface area contributed by atoms with Crippen LogP contribution in [0.1, 0.15) is 111 Å². The predicted molar refractivity (Wildman–Crippen MR) is 102 cm³/mol. The van der Waals surface area contributed by atoms with E-state index in [2.05, 4.69) is 19.2 Å². The molecule has 144 valence electrons. The number of carboxylic acids is 1. The fraction of sp³-hybridized carbons (Fsp3) is 0.900. The largest absolute Gasteiger partial charge is 0.480 e. The minimum absolute atomic E-state index is 0.296. The van der Waals surface area contributed by atoms with Crippen molar-refractivity contribution in [1.82, 2.24) is 5.32 Å². The zero-order chi connectivity index (χ0) is 18.5. The summed E-state index contributed by atoms with van der Waals surface area (Å²) in [5.74, 6) is -1.35. The Hall–Kier alpha value is -1.06. The third-order valence-corrected chi connectivity index (χ3v) is 3.95. The molecule has 0 aliphatic rings. The Morgan fingerprint density at radius 1 is 0.667 bits per heavy atom. The number of carbonyl (C=O) groups is 2. The molecule has 2 N–H and O–H groups in total. The SMILES string of the molecule is CC(=O)NCC(=O)O.CCCCCCCCCCCCCCCC. The van der Waals surface area contributed by atoms with E-state index in [0.717, 1.165) is 0 Å². The van der Waals surface area contributed by atoms with Crippen LogP contribution >= 0.6 is 0 Å². The van der Waals surface area contributed by atoms with Crippen LogP contribution in [0.15, 0.2) is 0 Å². The van der Waals surface area contributed by atoms with E-state index in [1.807, 2.05) is 0 Å². The number of hydrogen-bond donors (Lipinski definition) is 2. The number of aliphatic carboxylic acids is 1. The van der Waals surface area contributed by atoms with Crippen molar-refractivity contribution in [1.29, 1.82) is 0 Å². The van der Waals surface area contributed by atoms with Gasteiger partial charge in [-0.05, 0) is 0 Å². The van der Waals surface area contributed by atoms with Crippen LogP contribution in [-0.2, 0) is 9.59 Å². The maximum atomic E-state index is 9.97. The van der Waals surface area contributed by atoms with Gasteiger partial charge in [0.15, 0.2) is 0 Å². The second-order valence-corrected chi connectivity index (χ2v) is 6.55. The van der Waals surface area contributed by atoms with E-state index < -0.39 is 5.97 Å². The third kappa shape index (κ3) is 29.0. The summed E-state index contributed by atoms with van der Waals surface area (Å²) in [5, 5.41) is 10.1. The van der Waals surface area contributed by atoms with Crippen molar-refractivity contribution in [2.75, 3.05) is 6.54 Å². The molecule has 0 fully saturated rings. The molecule has 4 nitrogen and oxygen atoms in total. The van der Waals surface area contributed by atoms with E-state index >= 15 is 0 Å². The maximum absolute atomic E-state index is 9.97. The van der Waals surface area contributed by atoms with Crippen molar-refractivity contribution in [3.05, 3.63) is 0 Å². The molecule has 0 aliphatic carbocycles. The van der Waals surface area contributed by atoms with E-state index in [1.54, 1.807) is 0 Å². The second-order valence-electron chi connectivity index (χ2n) is 6.55. The quantitative estimate of drug-likeness (QED) is 0.375. The average Bonchev–Trinajstić information content (AvgIpc) is 2.54. The molecular weight excluding hydrogens is 302 g/mol. The summed E-state index contributed by atoms with van der Waals surface area (Å²) in [6.07, 6.45) is 20.4. The molecule has 0 bridgehead atoms. The van der Waals surface area contributed by atoms with Gasteiger partial charge in [-0.2, -0.15) is 0 Å². The molecule has 0 aromatic rings. The molecule has 0 aromatic heterocycles. The summed E-state index contributed by atoms with van der Waals surface area (Å²) in [4.78, 5) is 19.7. The van der Waals surface area contributed by atoms with Crippen LogP contribution in [0, 0.1) is 0 Å². The highest BCUT2D eigenvalue weighted by molar-refractivity contribution is 5.79. The molecule has 0 aromatic carbocycles. The summed E-state index contributed by atoms with van der Waals surface area (Å²) in [5.41, 5.74) is 0. The number of carbonyl (C=O) groups excluding carboxylic acids is 1. The molecule has 0 saturated heterocycles. The Kier molecular flexibility index (Phi) is 23.0. The first kappa shape index (κ1) is 25.2. The maximum Gasteiger partial charge on any atom is 0.322 e. The molecular formula is C20H41NO3. The van der Waals surface area contributed by atoms with Gasteiger partial charge >= 0.3 is 5.97 Å². The summed E-state index contributed by atoms with van der Waals surface area (Å²) >= 11 is 0. The van der Waals surface area contributed by atoms with Gasteiger partial charge in [0.25, 0.3) is 0 Å². The van der Waals surface area contributed by atoms with Crippen LogP contribution in [-0.4, -0.2) is 23.5 Å². The Bertz CT molecular complexity index is 252.